The van der Waals surface area contributed by atoms with Crippen LogP contribution in [0.3, 0.4) is 0 Å². The summed E-state index contributed by atoms with van der Waals surface area (Å²) in [7, 11) is 0.628. The van der Waals surface area contributed by atoms with Crippen molar-refractivity contribution < 1.29 is 14.3 Å². The number of hydrogen-bond donors (Lipinski definition) is 0. The Labute approximate surface area is 184 Å². The number of ketones is 1. The Morgan fingerprint density at radius 3 is 1.62 bits per heavy atom. The second-order valence-electron chi connectivity index (χ2n) is 5.15. The number of hydrogen-bond acceptors (Lipinski definition) is 1. The molecular weight excluding hydrogens is 629 g/mol. The first-order chi connectivity index (χ1) is 10.7. The molecule has 5 heteroatoms. The molecule has 133 valence electrons. The van der Waals surface area contributed by atoms with Gasteiger partial charge in [0.2, 0.25) is 0 Å². The molecule has 0 radical (unpaired) electrons. The number of Topliss-reactive ketones (excluding diaryl/α,β-unsaturated/α-hetero) is 1. The second kappa shape index (κ2) is 14.8. The van der Waals surface area contributed by atoms with E-state index < -0.39 is 0 Å². The fourth-order valence-electron chi connectivity index (χ4n) is 1.67. The summed E-state index contributed by atoms with van der Waals surface area (Å²) in [6.45, 7) is 9.87. The van der Waals surface area contributed by atoms with Gasteiger partial charge in [0.1, 0.15) is 0 Å². The van der Waals surface area contributed by atoms with E-state index in [0.717, 1.165) is 10.0 Å². The monoisotopic (exact) mass is 653 g/mol. The van der Waals surface area contributed by atoms with Gasteiger partial charge in [0, 0.05) is 10.0 Å². The molecule has 0 fully saturated rings. The fourth-order valence-corrected chi connectivity index (χ4v) is 2.14. The molecule has 0 bridgehead atoms. The van der Waals surface area contributed by atoms with Gasteiger partial charge in [-0.1, -0.05) is 41.6 Å². The molecule has 0 aliphatic carbocycles. The number of halogens is 3. The van der Waals surface area contributed by atoms with Crippen molar-refractivity contribution in [3.8, 4) is 0 Å². The molecule has 0 N–H and O–H groups in total. The van der Waals surface area contributed by atoms with Gasteiger partial charge in [-0.3, -0.25) is 4.79 Å². The van der Waals surface area contributed by atoms with E-state index in [1.54, 1.807) is 6.92 Å². The first kappa shape index (κ1) is 26.9. The predicted molar refractivity (Wildman–Crippen MR) is 124 cm³/mol. The molecule has 2 rings (SSSR count). The second-order valence-corrected chi connectivity index (χ2v) is 17.9. The van der Waals surface area contributed by atoms with Crippen LogP contribution >= 0.6 is 55.9 Å². The third-order valence-electron chi connectivity index (χ3n) is 3.38. The summed E-state index contributed by atoms with van der Waals surface area (Å²) in [6.07, 6.45) is 0. The van der Waals surface area contributed by atoms with Gasteiger partial charge < -0.3 is 0 Å². The Bertz CT molecular complexity index is 645. The van der Waals surface area contributed by atoms with E-state index in [4.69, 9.17) is 0 Å². The van der Waals surface area contributed by atoms with Crippen molar-refractivity contribution >= 4 is 61.7 Å². The van der Waals surface area contributed by atoms with Crippen molar-refractivity contribution in [2.75, 3.05) is 0 Å². The van der Waals surface area contributed by atoms with Gasteiger partial charge >= 0.3 is 49.4 Å². The van der Waals surface area contributed by atoms with E-state index in [2.05, 4.69) is 87.9 Å². The zero-order valence-corrected chi connectivity index (χ0v) is 21.3. The van der Waals surface area contributed by atoms with E-state index in [-0.39, 0.29) is 13.2 Å². The quantitative estimate of drug-likeness (QED) is 0.225. The normalized spacial score (nSPS) is 8.67. The Kier molecular flexibility index (Phi) is 16.5. The van der Waals surface area contributed by atoms with E-state index >= 15 is 0 Å². The van der Waals surface area contributed by atoms with Crippen molar-refractivity contribution in [2.24, 2.45) is 0 Å². The SMILES string of the molecule is C.CC(=O)c1ccc(C)c(C)c1.Cc1ccc(Br)cc1C.[I][V][I]. The Hall–Kier alpha value is 0.634. The molecule has 0 amide bonds. The zero-order chi connectivity index (χ0) is 18.0. The van der Waals surface area contributed by atoms with Crippen LogP contribution in [0.15, 0.2) is 40.9 Å². The molecule has 2 aromatic rings. The van der Waals surface area contributed by atoms with Gasteiger partial charge in [0.15, 0.2) is 5.78 Å². The van der Waals surface area contributed by atoms with Gasteiger partial charge in [-0.2, -0.15) is 0 Å². The maximum absolute atomic E-state index is 10.9. The Morgan fingerprint density at radius 1 is 0.875 bits per heavy atom. The molecule has 1 nitrogen and oxygen atoms in total. The van der Waals surface area contributed by atoms with Gasteiger partial charge in [0.05, 0.1) is 0 Å². The minimum atomic E-state index is 0. The molecule has 0 aromatic heterocycles. The van der Waals surface area contributed by atoms with E-state index in [1.165, 1.54) is 22.3 Å². The molecule has 2 aromatic carbocycles. The summed E-state index contributed by atoms with van der Waals surface area (Å²) in [4.78, 5) is 10.9. The van der Waals surface area contributed by atoms with Gasteiger partial charge in [-0.05, 0) is 75.1 Å². The van der Waals surface area contributed by atoms with Crippen LogP contribution in [0.1, 0.15) is 47.0 Å². The fraction of sp³-hybridized carbons (Fsp3) is 0.316. The first-order valence-electron chi connectivity index (χ1n) is 6.96. The molecule has 0 spiro atoms. The van der Waals surface area contributed by atoms with Gasteiger partial charge in [-0.15, -0.1) is 0 Å². The number of benzene rings is 2. The predicted octanol–water partition coefficient (Wildman–Crippen LogP) is 7.98. The van der Waals surface area contributed by atoms with Crippen LogP contribution in [0, 0.1) is 27.7 Å². The Morgan fingerprint density at radius 2 is 1.29 bits per heavy atom. The number of carbonyl (C=O) groups is 1. The average molecular weight is 654 g/mol. The molecule has 0 saturated heterocycles. The third-order valence-corrected chi connectivity index (χ3v) is 3.88. The number of aryl methyl sites for hydroxylation is 4. The van der Waals surface area contributed by atoms with Gasteiger partial charge in [0.25, 0.3) is 0 Å². The standard InChI is InChI=1S/C10H12O.C8H9Br.CH4.2HI.V/c1-7-4-5-10(9(3)11)6-8(7)2;1-6-3-4-8(9)5-7(6)2;;;;/h4-6H,1-3H3;3-5H,1-2H3;1H4;2*1H;/q;;;;;+2/p-2. The molecule has 0 atom stereocenters. The van der Waals surface area contributed by atoms with Crippen LogP contribution in [0.4, 0.5) is 0 Å². The van der Waals surface area contributed by atoms with Crippen molar-refractivity contribution in [1.82, 2.24) is 0 Å². The van der Waals surface area contributed by atoms with Crippen LogP contribution in [0.5, 0.6) is 0 Å². The van der Waals surface area contributed by atoms with Crippen LogP contribution in [-0.4, -0.2) is 5.78 Å². The van der Waals surface area contributed by atoms with Crippen molar-refractivity contribution in [3.05, 3.63) is 68.7 Å². The van der Waals surface area contributed by atoms with Gasteiger partial charge in [-0.25, -0.2) is 0 Å². The molecule has 24 heavy (non-hydrogen) atoms. The summed E-state index contributed by atoms with van der Waals surface area (Å²) >= 11 is 8.13. The molecule has 0 aliphatic rings. The van der Waals surface area contributed by atoms with Crippen molar-refractivity contribution in [2.45, 2.75) is 42.0 Å². The average Bonchev–Trinajstić information content (AvgIpc) is 2.47. The van der Waals surface area contributed by atoms with Crippen LogP contribution in [0.2, 0.25) is 0 Å². The number of carbonyl (C=O) groups excluding carboxylic acids is 1. The first-order valence-corrected chi connectivity index (χ1v) is 16.8. The summed E-state index contributed by atoms with van der Waals surface area (Å²) < 4.78 is 1.16. The van der Waals surface area contributed by atoms with Crippen molar-refractivity contribution in [1.29, 1.82) is 0 Å². The van der Waals surface area contributed by atoms with Crippen LogP contribution in [-0.2, 0) is 9.47 Å². The molecule has 0 aliphatic heterocycles. The molecule has 0 heterocycles. The van der Waals surface area contributed by atoms with Crippen LogP contribution < -0.4 is 0 Å². The summed E-state index contributed by atoms with van der Waals surface area (Å²) in [5.74, 6) is 0.133. The minimum absolute atomic E-state index is 0. The molecule has 0 unspecified atom stereocenters. The summed E-state index contributed by atoms with van der Waals surface area (Å²) in [5.41, 5.74) is 5.89. The molecular formula is C19H25BrI2OV. The van der Waals surface area contributed by atoms with Crippen molar-refractivity contribution in [3.63, 3.8) is 0 Å². The topological polar surface area (TPSA) is 17.1 Å². The molecule has 0 saturated carbocycles. The Balaban J connectivity index is 0. The number of rotatable bonds is 1. The summed E-state index contributed by atoms with van der Waals surface area (Å²) in [6, 6.07) is 12.1. The van der Waals surface area contributed by atoms with E-state index in [0.29, 0.717) is 9.47 Å². The van der Waals surface area contributed by atoms with E-state index in [9.17, 15) is 4.79 Å². The van der Waals surface area contributed by atoms with Crippen LogP contribution in [0.25, 0.3) is 0 Å². The summed E-state index contributed by atoms with van der Waals surface area (Å²) in [5, 5.41) is 0. The van der Waals surface area contributed by atoms with E-state index in [1.807, 2.05) is 32.0 Å². The third kappa shape index (κ3) is 11.3. The maximum atomic E-state index is 10.9. The zero-order valence-electron chi connectivity index (χ0n) is 14.0.